The molecule has 2 atom stereocenters. The van der Waals surface area contributed by atoms with Gasteiger partial charge >= 0.3 is 5.97 Å². The zero-order chi connectivity index (χ0) is 14.6. The number of likely N-dealkylation sites (tertiary alicyclic amines) is 1. The number of piperidine rings is 1. The van der Waals surface area contributed by atoms with Crippen LogP contribution < -0.4 is 0 Å². The molecule has 1 aromatic rings. The molecule has 1 heterocycles. The molecule has 4 heteroatoms. The molecule has 0 saturated carbocycles. The van der Waals surface area contributed by atoms with Gasteiger partial charge in [0.1, 0.15) is 5.41 Å². The van der Waals surface area contributed by atoms with Gasteiger partial charge in [-0.3, -0.25) is 9.69 Å². The van der Waals surface area contributed by atoms with Gasteiger partial charge in [0.15, 0.2) is 0 Å². The predicted molar refractivity (Wildman–Crippen MR) is 77.3 cm³/mol. The second-order valence-corrected chi connectivity index (χ2v) is 5.71. The first-order valence-corrected chi connectivity index (χ1v) is 7.26. The number of carbonyl (C=O) groups is 1. The van der Waals surface area contributed by atoms with Gasteiger partial charge in [0.2, 0.25) is 0 Å². The van der Waals surface area contributed by atoms with Gasteiger partial charge in [-0.25, -0.2) is 0 Å². The molecule has 1 fully saturated rings. The van der Waals surface area contributed by atoms with Gasteiger partial charge < -0.3 is 10.2 Å². The number of hydrogen-bond donors (Lipinski definition) is 2. The van der Waals surface area contributed by atoms with E-state index in [1.807, 2.05) is 37.3 Å². The van der Waals surface area contributed by atoms with Crippen molar-refractivity contribution >= 4 is 5.97 Å². The first-order valence-electron chi connectivity index (χ1n) is 7.26. The summed E-state index contributed by atoms with van der Waals surface area (Å²) in [7, 11) is 0. The Bertz CT molecular complexity index is 448. The maximum absolute atomic E-state index is 11.7. The van der Waals surface area contributed by atoms with E-state index in [4.69, 9.17) is 0 Å². The first kappa shape index (κ1) is 15.0. The molecular formula is C16H23NO3. The van der Waals surface area contributed by atoms with Crippen LogP contribution in [0.4, 0.5) is 0 Å². The van der Waals surface area contributed by atoms with E-state index in [1.54, 1.807) is 0 Å². The van der Waals surface area contributed by atoms with Crippen molar-refractivity contribution in [1.29, 1.82) is 0 Å². The predicted octanol–water partition coefficient (Wildman–Crippen LogP) is 2.12. The molecule has 0 spiro atoms. The summed E-state index contributed by atoms with van der Waals surface area (Å²) in [4.78, 5) is 13.8. The topological polar surface area (TPSA) is 60.8 Å². The molecule has 20 heavy (non-hydrogen) atoms. The molecule has 1 saturated heterocycles. The van der Waals surface area contributed by atoms with Gasteiger partial charge in [-0.15, -0.1) is 0 Å². The Balaban J connectivity index is 2.12. The number of rotatable bonds is 5. The average molecular weight is 277 g/mol. The summed E-state index contributed by atoms with van der Waals surface area (Å²) in [6, 6.07) is 10.1. The molecule has 1 aliphatic rings. The third kappa shape index (κ3) is 3.02. The Morgan fingerprint density at radius 3 is 2.70 bits per heavy atom. The van der Waals surface area contributed by atoms with Crippen molar-refractivity contribution in [2.75, 3.05) is 13.1 Å². The highest BCUT2D eigenvalue weighted by Gasteiger charge is 2.48. The molecule has 1 aromatic carbocycles. The van der Waals surface area contributed by atoms with Gasteiger partial charge in [-0.2, -0.15) is 0 Å². The van der Waals surface area contributed by atoms with Crippen molar-refractivity contribution in [3.8, 4) is 0 Å². The summed E-state index contributed by atoms with van der Waals surface area (Å²) >= 11 is 0. The van der Waals surface area contributed by atoms with Gasteiger partial charge in [0, 0.05) is 19.6 Å². The Morgan fingerprint density at radius 1 is 1.40 bits per heavy atom. The highest BCUT2D eigenvalue weighted by atomic mass is 16.4. The lowest BCUT2D eigenvalue weighted by atomic mass is 9.74. The van der Waals surface area contributed by atoms with Crippen LogP contribution in [0, 0.1) is 5.41 Å². The molecule has 2 rings (SSSR count). The number of aliphatic carboxylic acids is 1. The minimum absolute atomic E-state index is 0.423. The quantitative estimate of drug-likeness (QED) is 0.865. The van der Waals surface area contributed by atoms with Crippen molar-refractivity contribution in [1.82, 2.24) is 4.90 Å². The largest absolute Gasteiger partial charge is 0.481 e. The molecule has 1 aliphatic heterocycles. The highest BCUT2D eigenvalue weighted by molar-refractivity contribution is 5.76. The number of nitrogens with zero attached hydrogens (tertiary/aromatic N) is 1. The summed E-state index contributed by atoms with van der Waals surface area (Å²) in [5.74, 6) is -0.871. The van der Waals surface area contributed by atoms with Gasteiger partial charge in [-0.05, 0) is 18.4 Å². The number of aliphatic hydroxyl groups excluding tert-OH is 1. The number of carboxylic acid groups (broad SMARTS) is 1. The van der Waals surface area contributed by atoms with Gasteiger partial charge in [0.25, 0.3) is 0 Å². The highest BCUT2D eigenvalue weighted by Crippen LogP contribution is 2.36. The summed E-state index contributed by atoms with van der Waals surface area (Å²) in [6.07, 6.45) is 1.07. The van der Waals surface area contributed by atoms with Gasteiger partial charge in [-0.1, -0.05) is 43.7 Å². The van der Waals surface area contributed by atoms with E-state index < -0.39 is 17.5 Å². The Morgan fingerprint density at radius 2 is 2.10 bits per heavy atom. The Kier molecular flexibility index (Phi) is 4.78. The van der Waals surface area contributed by atoms with E-state index in [0.717, 1.165) is 19.5 Å². The van der Waals surface area contributed by atoms with E-state index in [1.165, 1.54) is 5.56 Å². The van der Waals surface area contributed by atoms with Crippen LogP contribution >= 0.6 is 0 Å². The minimum Gasteiger partial charge on any atom is -0.481 e. The van der Waals surface area contributed by atoms with E-state index in [-0.39, 0.29) is 0 Å². The van der Waals surface area contributed by atoms with Gasteiger partial charge in [0.05, 0.1) is 6.10 Å². The average Bonchev–Trinajstić information content (AvgIpc) is 2.43. The van der Waals surface area contributed by atoms with Crippen molar-refractivity contribution in [3.05, 3.63) is 35.9 Å². The van der Waals surface area contributed by atoms with E-state index >= 15 is 0 Å². The van der Waals surface area contributed by atoms with Crippen LogP contribution in [0.5, 0.6) is 0 Å². The molecule has 2 N–H and O–H groups in total. The molecule has 0 unspecified atom stereocenters. The number of carboxylic acids is 1. The molecule has 0 aliphatic carbocycles. The van der Waals surface area contributed by atoms with E-state index in [2.05, 4.69) is 4.90 Å². The van der Waals surface area contributed by atoms with Crippen molar-refractivity contribution in [2.45, 2.75) is 38.8 Å². The molecule has 4 nitrogen and oxygen atoms in total. The molecule has 110 valence electrons. The minimum atomic E-state index is -1.01. The van der Waals surface area contributed by atoms with Crippen LogP contribution in [-0.2, 0) is 11.3 Å². The van der Waals surface area contributed by atoms with E-state index in [0.29, 0.717) is 19.4 Å². The maximum Gasteiger partial charge on any atom is 0.313 e. The van der Waals surface area contributed by atoms with Crippen molar-refractivity contribution < 1.29 is 15.0 Å². The van der Waals surface area contributed by atoms with Crippen LogP contribution in [-0.4, -0.2) is 40.3 Å². The van der Waals surface area contributed by atoms with Crippen LogP contribution in [0.15, 0.2) is 30.3 Å². The van der Waals surface area contributed by atoms with Crippen LogP contribution in [0.3, 0.4) is 0 Å². The molecule has 0 radical (unpaired) electrons. The first-order chi connectivity index (χ1) is 9.58. The smallest absolute Gasteiger partial charge is 0.313 e. The number of hydrogen-bond acceptors (Lipinski definition) is 3. The molecule has 0 bridgehead atoms. The molecular weight excluding hydrogens is 254 g/mol. The molecule has 0 aromatic heterocycles. The van der Waals surface area contributed by atoms with E-state index in [9.17, 15) is 15.0 Å². The monoisotopic (exact) mass is 277 g/mol. The lowest BCUT2D eigenvalue weighted by Gasteiger charge is -2.43. The zero-order valence-corrected chi connectivity index (χ0v) is 12.0. The van der Waals surface area contributed by atoms with Crippen LogP contribution in [0.2, 0.25) is 0 Å². The standard InChI is InChI=1S/C16H23NO3/c1-2-9-16(15(19)20)12-17(10-8-14(16)18)11-13-6-4-3-5-7-13/h3-7,14,18H,2,8-12H2,1H3,(H,19,20)/t14-,16-/m1/s1. The summed E-state index contributed by atoms with van der Waals surface area (Å²) in [5.41, 5.74) is 0.168. The van der Waals surface area contributed by atoms with Crippen LogP contribution in [0.1, 0.15) is 31.7 Å². The maximum atomic E-state index is 11.7. The summed E-state index contributed by atoms with van der Waals surface area (Å²) < 4.78 is 0. The number of aliphatic hydroxyl groups is 1. The lowest BCUT2D eigenvalue weighted by molar-refractivity contribution is -0.164. The van der Waals surface area contributed by atoms with Crippen molar-refractivity contribution in [3.63, 3.8) is 0 Å². The molecule has 0 amide bonds. The SMILES string of the molecule is CCC[C@@]1(C(=O)O)CN(Cc2ccccc2)CC[C@H]1O. The van der Waals surface area contributed by atoms with Crippen LogP contribution in [0.25, 0.3) is 0 Å². The fourth-order valence-electron chi connectivity index (χ4n) is 3.15. The fraction of sp³-hybridized carbons (Fsp3) is 0.562. The Labute approximate surface area is 120 Å². The normalized spacial score (nSPS) is 27.4. The van der Waals surface area contributed by atoms with Crippen molar-refractivity contribution in [2.24, 2.45) is 5.41 Å². The fourth-order valence-corrected chi connectivity index (χ4v) is 3.15. The second kappa shape index (κ2) is 6.37. The third-order valence-electron chi connectivity index (χ3n) is 4.23. The zero-order valence-electron chi connectivity index (χ0n) is 12.0. The summed E-state index contributed by atoms with van der Waals surface area (Å²) in [6.45, 7) is 3.88. The number of benzene rings is 1. The third-order valence-corrected chi connectivity index (χ3v) is 4.23. The Hall–Kier alpha value is -1.39. The second-order valence-electron chi connectivity index (χ2n) is 5.71. The summed E-state index contributed by atoms with van der Waals surface area (Å²) in [5, 5.41) is 19.8. The lowest BCUT2D eigenvalue weighted by Crippen LogP contribution is -2.55.